The summed E-state index contributed by atoms with van der Waals surface area (Å²) in [6, 6.07) is 5.60. The van der Waals surface area contributed by atoms with Crippen LogP contribution in [0.15, 0.2) is 36.8 Å². The number of aromatic nitrogens is 6. The Labute approximate surface area is 176 Å². The van der Waals surface area contributed by atoms with E-state index in [1.807, 2.05) is 30.6 Å². The molecule has 31 heavy (non-hydrogen) atoms. The van der Waals surface area contributed by atoms with Gasteiger partial charge in [-0.05, 0) is 18.6 Å². The van der Waals surface area contributed by atoms with E-state index >= 15 is 0 Å². The Kier molecular flexibility index (Phi) is 4.25. The first-order valence-corrected chi connectivity index (χ1v) is 10.3. The minimum absolute atomic E-state index is 0.312. The van der Waals surface area contributed by atoms with E-state index in [0.717, 1.165) is 23.4 Å². The van der Waals surface area contributed by atoms with E-state index in [9.17, 15) is 4.39 Å². The van der Waals surface area contributed by atoms with Crippen molar-refractivity contribution in [2.75, 3.05) is 37.4 Å². The fourth-order valence-corrected chi connectivity index (χ4v) is 4.31. The van der Waals surface area contributed by atoms with E-state index in [4.69, 9.17) is 10.5 Å². The van der Waals surface area contributed by atoms with Gasteiger partial charge in [-0.1, -0.05) is 0 Å². The number of halogens is 1. The summed E-state index contributed by atoms with van der Waals surface area (Å²) in [5.74, 6) is 0.631. The normalized spacial score (nSPS) is 22.7. The zero-order valence-corrected chi connectivity index (χ0v) is 16.7. The van der Waals surface area contributed by atoms with Crippen molar-refractivity contribution in [2.24, 2.45) is 0 Å². The maximum atomic E-state index is 14.8. The zero-order chi connectivity index (χ0) is 20.9. The summed E-state index contributed by atoms with van der Waals surface area (Å²) in [5, 5.41) is 11.8. The van der Waals surface area contributed by atoms with E-state index < -0.39 is 6.17 Å². The van der Waals surface area contributed by atoms with Gasteiger partial charge in [-0.2, -0.15) is 10.1 Å². The van der Waals surface area contributed by atoms with E-state index in [1.165, 1.54) is 0 Å². The molecule has 0 aromatic carbocycles. The van der Waals surface area contributed by atoms with Crippen LogP contribution in [0, 0.1) is 0 Å². The number of nitrogens with two attached hydrogens (primary N) is 1. The Hall–Kier alpha value is -3.31. The average molecular weight is 423 g/mol. The molecule has 10 nitrogen and oxygen atoms in total. The number of nitrogens with zero attached hydrogens (tertiary/aromatic N) is 7. The molecule has 2 atom stereocenters. The predicted molar refractivity (Wildman–Crippen MR) is 112 cm³/mol. The molecular formula is C20H22FN9O. The number of nitrogens with one attached hydrogen (secondary N) is 1. The van der Waals surface area contributed by atoms with E-state index in [1.54, 1.807) is 15.2 Å². The number of rotatable bonds is 4. The fourth-order valence-electron chi connectivity index (χ4n) is 4.31. The van der Waals surface area contributed by atoms with Crippen molar-refractivity contribution in [1.29, 1.82) is 0 Å². The van der Waals surface area contributed by atoms with Gasteiger partial charge in [0.1, 0.15) is 11.7 Å². The van der Waals surface area contributed by atoms with Gasteiger partial charge in [-0.15, -0.1) is 5.10 Å². The third-order valence-electron chi connectivity index (χ3n) is 6.10. The quantitative estimate of drug-likeness (QED) is 0.505. The topological polar surface area (TPSA) is 111 Å². The number of piperidine rings is 1. The number of alkyl halides is 1. The van der Waals surface area contributed by atoms with Crippen molar-refractivity contribution in [3.8, 4) is 11.3 Å². The van der Waals surface area contributed by atoms with Crippen molar-refractivity contribution in [3.63, 3.8) is 0 Å². The zero-order valence-electron chi connectivity index (χ0n) is 16.7. The highest BCUT2D eigenvalue weighted by Gasteiger charge is 2.35. The minimum Gasteiger partial charge on any atom is -0.382 e. The molecule has 3 N–H and O–H groups in total. The second kappa shape index (κ2) is 7.13. The monoisotopic (exact) mass is 423 g/mol. The molecule has 0 radical (unpaired) electrons. The first-order valence-electron chi connectivity index (χ1n) is 10.3. The second-order valence-electron chi connectivity index (χ2n) is 8.03. The van der Waals surface area contributed by atoms with Gasteiger partial charge in [0, 0.05) is 37.1 Å². The Bertz CT molecular complexity index is 1250. The molecule has 2 fully saturated rings. The van der Waals surface area contributed by atoms with Gasteiger partial charge in [0.25, 0.3) is 0 Å². The smallest absolute Gasteiger partial charge is 0.243 e. The van der Waals surface area contributed by atoms with Crippen LogP contribution >= 0.6 is 0 Å². The molecule has 4 aromatic heterocycles. The lowest BCUT2D eigenvalue weighted by Crippen LogP contribution is -2.57. The van der Waals surface area contributed by atoms with Crippen molar-refractivity contribution in [3.05, 3.63) is 36.8 Å². The van der Waals surface area contributed by atoms with Crippen LogP contribution in [0.4, 0.5) is 16.2 Å². The number of hydrogen-bond donors (Lipinski definition) is 2. The number of nitrogen functional groups attached to an aromatic ring is 1. The lowest BCUT2D eigenvalue weighted by atomic mass is 10.0. The van der Waals surface area contributed by atoms with Crippen molar-refractivity contribution >= 4 is 22.9 Å². The van der Waals surface area contributed by atoms with Gasteiger partial charge in [0.05, 0.1) is 37.2 Å². The van der Waals surface area contributed by atoms with Crippen LogP contribution in [0.25, 0.3) is 22.4 Å². The molecular weight excluding hydrogens is 401 g/mol. The van der Waals surface area contributed by atoms with Crippen molar-refractivity contribution < 1.29 is 9.13 Å². The van der Waals surface area contributed by atoms with Crippen LogP contribution in [0.3, 0.4) is 0 Å². The first-order chi connectivity index (χ1) is 15.2. The van der Waals surface area contributed by atoms with Gasteiger partial charge >= 0.3 is 0 Å². The van der Waals surface area contributed by atoms with Gasteiger partial charge in [-0.25, -0.2) is 18.4 Å². The van der Waals surface area contributed by atoms with Crippen LogP contribution < -0.4 is 11.1 Å². The highest BCUT2D eigenvalue weighted by molar-refractivity contribution is 5.86. The highest BCUT2D eigenvalue weighted by Crippen LogP contribution is 2.28. The molecule has 2 aliphatic rings. The molecule has 2 aliphatic heterocycles. The van der Waals surface area contributed by atoms with Crippen molar-refractivity contribution in [2.45, 2.75) is 24.7 Å². The largest absolute Gasteiger partial charge is 0.382 e. The number of ether oxygens (including phenoxy) is 1. The van der Waals surface area contributed by atoms with E-state index in [0.29, 0.717) is 49.5 Å². The number of fused-ring (bicyclic) bond motifs is 2. The molecule has 11 heteroatoms. The van der Waals surface area contributed by atoms with E-state index in [2.05, 4.69) is 30.4 Å². The van der Waals surface area contributed by atoms with Gasteiger partial charge in [-0.3, -0.25) is 4.90 Å². The Morgan fingerprint density at radius 2 is 2.00 bits per heavy atom. The summed E-state index contributed by atoms with van der Waals surface area (Å²) < 4.78 is 23.4. The van der Waals surface area contributed by atoms with Gasteiger partial charge in [0.15, 0.2) is 11.5 Å². The summed E-state index contributed by atoms with van der Waals surface area (Å²) >= 11 is 0. The van der Waals surface area contributed by atoms with Gasteiger partial charge in [0.2, 0.25) is 5.95 Å². The lowest BCUT2D eigenvalue weighted by Gasteiger charge is -2.42. The van der Waals surface area contributed by atoms with Crippen LogP contribution in [0.1, 0.15) is 6.42 Å². The standard InChI is InChI=1S/C20H22FN9O/c21-14-9-28(12-10-31-11-12)6-3-16(14)25-20-26-19(22)18-13(2-7-30(18)27-20)15-4-8-29-17(24-15)1-5-23-29/h1-2,4-5,7-8,12,14,16H,3,6,9-11H2,(H3,22,25,26,27)/t14-,16+/m0/s1. The number of likely N-dealkylation sites (tertiary alicyclic amines) is 1. The average Bonchev–Trinajstić information content (AvgIpc) is 3.35. The Morgan fingerprint density at radius 3 is 2.81 bits per heavy atom. The van der Waals surface area contributed by atoms with Crippen LogP contribution in [0.2, 0.25) is 0 Å². The summed E-state index contributed by atoms with van der Waals surface area (Å²) in [7, 11) is 0. The summed E-state index contributed by atoms with van der Waals surface area (Å²) in [6.45, 7) is 2.60. The third kappa shape index (κ3) is 3.17. The molecule has 160 valence electrons. The van der Waals surface area contributed by atoms with E-state index in [-0.39, 0.29) is 6.04 Å². The number of hydrogen-bond acceptors (Lipinski definition) is 8. The maximum Gasteiger partial charge on any atom is 0.243 e. The summed E-state index contributed by atoms with van der Waals surface area (Å²) in [6.07, 6.45) is 5.01. The lowest BCUT2D eigenvalue weighted by molar-refractivity contribution is -0.0794. The number of anilines is 2. The SMILES string of the molecule is Nc1nc(N[C@@H]2CCN(C3COC3)C[C@@H]2F)nn2ccc(-c3ccn4nccc4n3)c12. The van der Waals surface area contributed by atoms with Crippen LogP contribution in [-0.4, -0.2) is 78.7 Å². The first kappa shape index (κ1) is 18.5. The highest BCUT2D eigenvalue weighted by atomic mass is 19.1. The molecule has 0 bridgehead atoms. The minimum atomic E-state index is -1.01. The summed E-state index contributed by atoms with van der Waals surface area (Å²) in [5.41, 5.74) is 9.27. The fraction of sp³-hybridized carbons (Fsp3) is 0.400. The van der Waals surface area contributed by atoms with Crippen LogP contribution in [-0.2, 0) is 4.74 Å². The molecule has 0 aliphatic carbocycles. The maximum absolute atomic E-state index is 14.8. The Morgan fingerprint density at radius 1 is 1.13 bits per heavy atom. The molecule has 0 unspecified atom stereocenters. The molecule has 0 amide bonds. The van der Waals surface area contributed by atoms with Gasteiger partial charge < -0.3 is 15.8 Å². The molecule has 6 rings (SSSR count). The molecule has 6 heterocycles. The third-order valence-corrected chi connectivity index (χ3v) is 6.10. The molecule has 2 saturated heterocycles. The predicted octanol–water partition coefficient (Wildman–Crippen LogP) is 1.24. The van der Waals surface area contributed by atoms with Crippen molar-refractivity contribution in [1.82, 2.24) is 34.1 Å². The second-order valence-corrected chi connectivity index (χ2v) is 8.03. The molecule has 0 saturated carbocycles. The summed E-state index contributed by atoms with van der Waals surface area (Å²) in [4.78, 5) is 11.2. The molecule has 4 aromatic rings. The van der Waals surface area contributed by atoms with Crippen LogP contribution in [0.5, 0.6) is 0 Å². The Balaban J connectivity index is 1.25. The molecule has 0 spiro atoms.